The normalized spacial score (nSPS) is 16.1. The molecule has 1 aliphatic heterocycles. The van der Waals surface area contributed by atoms with Gasteiger partial charge in [-0.3, -0.25) is 4.79 Å². The van der Waals surface area contributed by atoms with E-state index in [-0.39, 0.29) is 11.2 Å². The van der Waals surface area contributed by atoms with Crippen molar-refractivity contribution >= 4 is 39.1 Å². The number of allylic oxidation sites excluding steroid dienone is 1. The fourth-order valence-electron chi connectivity index (χ4n) is 3.19. The monoisotopic (exact) mass is 388 g/mol. The third kappa shape index (κ3) is 2.72. The Kier molecular flexibility index (Phi) is 4.29. The van der Waals surface area contributed by atoms with Gasteiger partial charge in [0.25, 0.3) is 5.56 Å². The molecule has 4 heterocycles. The zero-order chi connectivity index (χ0) is 18.5. The van der Waals surface area contributed by atoms with Crippen LogP contribution < -0.4 is 5.56 Å². The minimum atomic E-state index is -0.277. The summed E-state index contributed by atoms with van der Waals surface area (Å²) in [6.07, 6.45) is 4.26. The fourth-order valence-corrected chi connectivity index (χ4v) is 5.00. The van der Waals surface area contributed by atoms with Crippen molar-refractivity contribution in [3.05, 3.63) is 46.1 Å². The van der Waals surface area contributed by atoms with Gasteiger partial charge in [0.15, 0.2) is 5.16 Å². The summed E-state index contributed by atoms with van der Waals surface area (Å²) in [6, 6.07) is 0. The highest BCUT2D eigenvalue weighted by molar-refractivity contribution is 7.99. The highest BCUT2D eigenvalue weighted by Gasteiger charge is 2.31. The molecule has 4 rings (SSSR count). The lowest BCUT2D eigenvalue weighted by Crippen LogP contribution is -2.31. The number of fused-ring (bicyclic) bond motifs is 4. The average molecular weight is 389 g/mol. The number of thiophene rings is 1. The molecule has 0 amide bonds. The summed E-state index contributed by atoms with van der Waals surface area (Å²) in [5.41, 5.74) is 0.743. The standard InChI is InChI=1S/C18H20N4O2S2/c1-5-7-21-16-19-14-13(11-9-18(3,4)24-10-12(11)26-14)15(23)22(16)17(20-21)25-8-6-2/h5-6H,1-2,7-10H2,3-4H3. The summed E-state index contributed by atoms with van der Waals surface area (Å²) >= 11 is 3.02. The van der Waals surface area contributed by atoms with Crippen LogP contribution in [0.15, 0.2) is 35.3 Å². The Morgan fingerprint density at radius 3 is 2.92 bits per heavy atom. The molecule has 3 aromatic rings. The molecule has 26 heavy (non-hydrogen) atoms. The van der Waals surface area contributed by atoms with Gasteiger partial charge in [-0.15, -0.1) is 29.6 Å². The van der Waals surface area contributed by atoms with E-state index in [1.54, 1.807) is 32.6 Å². The summed E-state index contributed by atoms with van der Waals surface area (Å²) in [4.78, 5) is 20.0. The second kappa shape index (κ2) is 6.37. The molecule has 0 saturated heterocycles. The van der Waals surface area contributed by atoms with E-state index in [1.165, 1.54) is 11.8 Å². The van der Waals surface area contributed by atoms with Gasteiger partial charge in [-0.25, -0.2) is 14.1 Å². The van der Waals surface area contributed by atoms with Crippen LogP contribution in [0.25, 0.3) is 16.0 Å². The second-order valence-corrected chi connectivity index (χ2v) is 8.89. The largest absolute Gasteiger partial charge is 0.370 e. The van der Waals surface area contributed by atoms with Gasteiger partial charge >= 0.3 is 0 Å². The molecule has 0 aromatic carbocycles. The number of rotatable bonds is 5. The quantitative estimate of drug-likeness (QED) is 0.495. The summed E-state index contributed by atoms with van der Waals surface area (Å²) in [5.74, 6) is 1.22. The van der Waals surface area contributed by atoms with Crippen LogP contribution in [-0.4, -0.2) is 30.5 Å². The van der Waals surface area contributed by atoms with Crippen molar-refractivity contribution in [1.82, 2.24) is 19.2 Å². The third-order valence-corrected chi connectivity index (χ3v) is 6.37. The van der Waals surface area contributed by atoms with Crippen molar-refractivity contribution in [3.8, 4) is 0 Å². The Hall–Kier alpha value is -1.90. The number of ether oxygens (including phenoxy) is 1. The van der Waals surface area contributed by atoms with Gasteiger partial charge in [0.2, 0.25) is 5.78 Å². The molecule has 0 N–H and O–H groups in total. The molecule has 0 fully saturated rings. The summed E-state index contributed by atoms with van der Waals surface area (Å²) in [6.45, 7) is 12.7. The first-order valence-electron chi connectivity index (χ1n) is 8.37. The van der Waals surface area contributed by atoms with Gasteiger partial charge in [0, 0.05) is 17.1 Å². The van der Waals surface area contributed by atoms with Crippen LogP contribution in [-0.2, 0) is 24.3 Å². The number of nitrogens with zero attached hydrogens (tertiary/aromatic N) is 4. The van der Waals surface area contributed by atoms with Gasteiger partial charge in [-0.1, -0.05) is 23.9 Å². The molecular weight excluding hydrogens is 368 g/mol. The van der Waals surface area contributed by atoms with Gasteiger partial charge < -0.3 is 4.74 Å². The topological polar surface area (TPSA) is 61.4 Å². The van der Waals surface area contributed by atoms with Crippen molar-refractivity contribution in [3.63, 3.8) is 0 Å². The van der Waals surface area contributed by atoms with Crippen LogP contribution in [0.4, 0.5) is 0 Å². The maximum atomic E-state index is 13.4. The Labute approximate surface area is 159 Å². The maximum absolute atomic E-state index is 13.4. The summed E-state index contributed by atoms with van der Waals surface area (Å²) in [7, 11) is 0. The van der Waals surface area contributed by atoms with E-state index in [2.05, 4.69) is 32.1 Å². The summed E-state index contributed by atoms with van der Waals surface area (Å²) < 4.78 is 9.25. The first-order valence-corrected chi connectivity index (χ1v) is 10.2. The Bertz CT molecular complexity index is 1090. The van der Waals surface area contributed by atoms with Crippen molar-refractivity contribution in [2.24, 2.45) is 0 Å². The van der Waals surface area contributed by atoms with Crippen molar-refractivity contribution in [1.29, 1.82) is 0 Å². The van der Waals surface area contributed by atoms with E-state index in [1.807, 2.05) is 0 Å². The molecule has 0 saturated carbocycles. The van der Waals surface area contributed by atoms with E-state index in [9.17, 15) is 4.79 Å². The van der Waals surface area contributed by atoms with Crippen LogP contribution in [0.3, 0.4) is 0 Å². The zero-order valence-corrected chi connectivity index (χ0v) is 16.5. The van der Waals surface area contributed by atoms with Crippen LogP contribution in [0.2, 0.25) is 0 Å². The Morgan fingerprint density at radius 1 is 1.38 bits per heavy atom. The third-order valence-electron chi connectivity index (χ3n) is 4.35. The SMILES string of the molecule is C=CCSc1nn(CC=C)c2nc3sc4c(c3c(=O)n12)CC(C)(C)OC4. The lowest BCUT2D eigenvalue weighted by Gasteiger charge is -2.29. The molecule has 0 bridgehead atoms. The molecule has 0 spiro atoms. The van der Waals surface area contributed by atoms with Crippen LogP contribution in [0, 0.1) is 0 Å². The van der Waals surface area contributed by atoms with Crippen LogP contribution >= 0.6 is 23.1 Å². The molecule has 0 unspecified atom stereocenters. The predicted octanol–water partition coefficient (Wildman–Crippen LogP) is 3.42. The molecule has 1 aliphatic rings. The van der Waals surface area contributed by atoms with E-state index in [4.69, 9.17) is 9.72 Å². The number of hydrogen-bond acceptors (Lipinski definition) is 6. The summed E-state index contributed by atoms with van der Waals surface area (Å²) in [5, 5.41) is 5.90. The van der Waals surface area contributed by atoms with Gasteiger partial charge in [-0.05, 0) is 19.4 Å². The highest BCUT2D eigenvalue weighted by atomic mass is 32.2. The molecular formula is C18H20N4O2S2. The Morgan fingerprint density at radius 2 is 2.19 bits per heavy atom. The van der Waals surface area contributed by atoms with E-state index < -0.39 is 0 Å². The van der Waals surface area contributed by atoms with Gasteiger partial charge in [0.1, 0.15) is 4.83 Å². The Balaban J connectivity index is 2.03. The van der Waals surface area contributed by atoms with E-state index in [0.717, 1.165) is 15.3 Å². The number of thioether (sulfide) groups is 1. The molecule has 0 atom stereocenters. The van der Waals surface area contributed by atoms with Crippen molar-refractivity contribution < 1.29 is 4.74 Å². The number of aromatic nitrogens is 4. The average Bonchev–Trinajstić information content (AvgIpc) is 3.11. The predicted molar refractivity (Wildman–Crippen MR) is 106 cm³/mol. The first-order chi connectivity index (χ1) is 12.4. The van der Waals surface area contributed by atoms with Gasteiger partial charge in [0.05, 0.1) is 24.1 Å². The van der Waals surface area contributed by atoms with Crippen molar-refractivity contribution in [2.45, 2.75) is 44.2 Å². The zero-order valence-electron chi connectivity index (χ0n) is 14.8. The van der Waals surface area contributed by atoms with Gasteiger partial charge in [-0.2, -0.15) is 0 Å². The number of hydrogen-bond donors (Lipinski definition) is 0. The van der Waals surface area contributed by atoms with Crippen LogP contribution in [0.5, 0.6) is 0 Å². The lowest BCUT2D eigenvalue weighted by molar-refractivity contribution is -0.0379. The molecule has 136 valence electrons. The lowest BCUT2D eigenvalue weighted by atomic mass is 9.94. The first kappa shape index (κ1) is 17.5. The molecule has 8 heteroatoms. The van der Waals surface area contributed by atoms with Crippen LogP contribution in [0.1, 0.15) is 24.3 Å². The minimum absolute atomic E-state index is 0.0536. The molecule has 0 radical (unpaired) electrons. The second-order valence-electron chi connectivity index (χ2n) is 6.81. The maximum Gasteiger partial charge on any atom is 0.270 e. The van der Waals surface area contributed by atoms with Crippen molar-refractivity contribution in [2.75, 3.05) is 5.75 Å². The fraction of sp³-hybridized carbons (Fsp3) is 0.389. The minimum Gasteiger partial charge on any atom is -0.370 e. The van der Waals surface area contributed by atoms with E-state index in [0.29, 0.717) is 41.6 Å². The highest BCUT2D eigenvalue weighted by Crippen LogP contribution is 2.37. The molecule has 6 nitrogen and oxygen atoms in total. The smallest absolute Gasteiger partial charge is 0.270 e. The van der Waals surface area contributed by atoms with E-state index >= 15 is 0 Å². The molecule has 0 aliphatic carbocycles. The molecule has 3 aromatic heterocycles.